The summed E-state index contributed by atoms with van der Waals surface area (Å²) in [5.41, 5.74) is 2.21. The molecule has 0 saturated heterocycles. The van der Waals surface area contributed by atoms with Crippen molar-refractivity contribution >= 4 is 14.5 Å². The fourth-order valence-electron chi connectivity index (χ4n) is 0.858. The zero-order chi connectivity index (χ0) is 7.56. The van der Waals surface area contributed by atoms with Crippen LogP contribution in [0.5, 0.6) is 0 Å². The summed E-state index contributed by atoms with van der Waals surface area (Å²) >= 11 is 0. The molecule has 0 spiro atoms. The first-order chi connectivity index (χ1) is 4.74. The van der Waals surface area contributed by atoms with Crippen molar-refractivity contribution in [1.29, 1.82) is 0 Å². The van der Waals surface area contributed by atoms with Crippen LogP contribution in [-0.2, 0) is 6.61 Å². The van der Waals surface area contributed by atoms with E-state index >= 15 is 0 Å². The summed E-state index contributed by atoms with van der Waals surface area (Å²) in [7, 11) is 2.61. The SMILES string of the molecule is Cc1ccc(CO)c(P)c1. The van der Waals surface area contributed by atoms with E-state index in [0.717, 1.165) is 10.9 Å². The Balaban J connectivity index is 3.07. The van der Waals surface area contributed by atoms with Gasteiger partial charge in [0.2, 0.25) is 0 Å². The molecule has 1 aromatic rings. The highest BCUT2D eigenvalue weighted by molar-refractivity contribution is 7.27. The number of aryl methyl sites for hydroxylation is 1. The Kier molecular flexibility index (Phi) is 2.42. The molecule has 1 aromatic carbocycles. The van der Waals surface area contributed by atoms with Gasteiger partial charge in [-0.1, -0.05) is 23.8 Å². The standard InChI is InChI=1S/C8H11OP/c1-6-2-3-7(5-9)8(10)4-6/h2-4,9H,5,10H2,1H3. The molecule has 2 heteroatoms. The Morgan fingerprint density at radius 2 is 2.20 bits per heavy atom. The Hall–Kier alpha value is -0.390. The van der Waals surface area contributed by atoms with Crippen molar-refractivity contribution in [2.75, 3.05) is 0 Å². The van der Waals surface area contributed by atoms with Crippen LogP contribution in [-0.4, -0.2) is 5.11 Å². The lowest BCUT2D eigenvalue weighted by Crippen LogP contribution is -2.01. The average molecular weight is 154 g/mol. The second-order valence-corrected chi connectivity index (χ2v) is 2.98. The molecule has 0 bridgehead atoms. The van der Waals surface area contributed by atoms with Gasteiger partial charge in [-0.15, -0.1) is 9.24 Å². The maximum Gasteiger partial charge on any atom is 0.0687 e. The lowest BCUT2D eigenvalue weighted by molar-refractivity contribution is 0.283. The number of rotatable bonds is 1. The molecule has 0 heterocycles. The summed E-state index contributed by atoms with van der Waals surface area (Å²) in [6.07, 6.45) is 0. The minimum atomic E-state index is 0.124. The van der Waals surface area contributed by atoms with Crippen LogP contribution in [0.15, 0.2) is 18.2 Å². The van der Waals surface area contributed by atoms with Crippen LogP contribution in [0.3, 0.4) is 0 Å². The fraction of sp³-hybridized carbons (Fsp3) is 0.250. The number of aliphatic hydroxyl groups excluding tert-OH is 1. The van der Waals surface area contributed by atoms with Gasteiger partial charge in [0.25, 0.3) is 0 Å². The minimum Gasteiger partial charge on any atom is -0.392 e. The van der Waals surface area contributed by atoms with E-state index in [-0.39, 0.29) is 6.61 Å². The lowest BCUT2D eigenvalue weighted by Gasteiger charge is -2.01. The molecule has 0 amide bonds. The summed E-state index contributed by atoms with van der Waals surface area (Å²) < 4.78 is 0. The van der Waals surface area contributed by atoms with Gasteiger partial charge in [0.1, 0.15) is 0 Å². The number of aliphatic hydroxyl groups is 1. The number of benzene rings is 1. The normalized spacial score (nSPS) is 9.90. The maximum atomic E-state index is 8.80. The van der Waals surface area contributed by atoms with Crippen molar-refractivity contribution in [2.45, 2.75) is 13.5 Å². The summed E-state index contributed by atoms with van der Waals surface area (Å²) in [5.74, 6) is 0. The monoisotopic (exact) mass is 154 g/mol. The topological polar surface area (TPSA) is 20.2 Å². The van der Waals surface area contributed by atoms with Gasteiger partial charge in [-0.2, -0.15) is 0 Å². The van der Waals surface area contributed by atoms with Crippen LogP contribution in [0.25, 0.3) is 0 Å². The largest absolute Gasteiger partial charge is 0.392 e. The molecule has 1 unspecified atom stereocenters. The highest BCUT2D eigenvalue weighted by Gasteiger charge is 1.94. The molecule has 54 valence electrons. The van der Waals surface area contributed by atoms with Crippen molar-refractivity contribution in [3.05, 3.63) is 29.3 Å². The van der Waals surface area contributed by atoms with E-state index in [1.54, 1.807) is 0 Å². The van der Waals surface area contributed by atoms with E-state index in [9.17, 15) is 0 Å². The third-order valence-corrected chi connectivity index (χ3v) is 2.01. The van der Waals surface area contributed by atoms with Gasteiger partial charge in [-0.05, 0) is 17.8 Å². The molecule has 0 saturated carbocycles. The molecule has 0 aliphatic carbocycles. The predicted molar refractivity (Wildman–Crippen MR) is 46.4 cm³/mol. The van der Waals surface area contributed by atoms with Gasteiger partial charge in [-0.25, -0.2) is 0 Å². The van der Waals surface area contributed by atoms with E-state index in [4.69, 9.17) is 5.11 Å². The quantitative estimate of drug-likeness (QED) is 0.598. The van der Waals surface area contributed by atoms with Crippen LogP contribution in [0, 0.1) is 6.92 Å². The summed E-state index contributed by atoms with van der Waals surface area (Å²) in [6.45, 7) is 2.16. The first-order valence-electron chi connectivity index (χ1n) is 3.20. The highest BCUT2D eigenvalue weighted by Crippen LogP contribution is 2.03. The third kappa shape index (κ3) is 1.56. The van der Waals surface area contributed by atoms with Crippen molar-refractivity contribution < 1.29 is 5.11 Å². The summed E-state index contributed by atoms with van der Waals surface area (Å²) in [4.78, 5) is 0. The molecule has 1 rings (SSSR count). The zero-order valence-corrected chi connectivity index (χ0v) is 7.12. The molecule has 1 nitrogen and oxygen atoms in total. The average Bonchev–Trinajstić information content (AvgIpc) is 1.88. The number of hydrogen-bond donors (Lipinski definition) is 1. The molecule has 0 fully saturated rings. The Bertz CT molecular complexity index is 233. The van der Waals surface area contributed by atoms with E-state index in [1.165, 1.54) is 5.56 Å². The minimum absolute atomic E-state index is 0.124. The van der Waals surface area contributed by atoms with Gasteiger partial charge < -0.3 is 5.11 Å². The molecule has 0 aliphatic heterocycles. The van der Waals surface area contributed by atoms with E-state index in [1.807, 2.05) is 25.1 Å². The van der Waals surface area contributed by atoms with Gasteiger partial charge >= 0.3 is 0 Å². The highest BCUT2D eigenvalue weighted by atomic mass is 31.0. The van der Waals surface area contributed by atoms with Crippen LogP contribution < -0.4 is 5.30 Å². The molecular formula is C8H11OP. The molecule has 0 aliphatic rings. The van der Waals surface area contributed by atoms with Crippen LogP contribution >= 0.6 is 9.24 Å². The summed E-state index contributed by atoms with van der Waals surface area (Å²) in [5, 5.41) is 9.88. The Morgan fingerprint density at radius 3 is 2.70 bits per heavy atom. The Labute approximate surface area is 63.3 Å². The van der Waals surface area contributed by atoms with Gasteiger partial charge in [0.15, 0.2) is 0 Å². The van der Waals surface area contributed by atoms with Crippen molar-refractivity contribution in [3.63, 3.8) is 0 Å². The molecule has 10 heavy (non-hydrogen) atoms. The maximum absolute atomic E-state index is 8.80. The van der Waals surface area contributed by atoms with E-state index in [0.29, 0.717) is 0 Å². The van der Waals surface area contributed by atoms with Crippen molar-refractivity contribution in [2.24, 2.45) is 0 Å². The lowest BCUT2D eigenvalue weighted by atomic mass is 10.2. The zero-order valence-electron chi connectivity index (χ0n) is 5.96. The van der Waals surface area contributed by atoms with Crippen LogP contribution in [0.1, 0.15) is 11.1 Å². The molecular weight excluding hydrogens is 143 g/mol. The number of hydrogen-bond acceptors (Lipinski definition) is 1. The second kappa shape index (κ2) is 3.14. The van der Waals surface area contributed by atoms with E-state index in [2.05, 4.69) is 9.24 Å². The molecule has 1 atom stereocenters. The van der Waals surface area contributed by atoms with Crippen LogP contribution in [0.4, 0.5) is 0 Å². The molecule has 0 aromatic heterocycles. The van der Waals surface area contributed by atoms with Gasteiger partial charge in [-0.3, -0.25) is 0 Å². The predicted octanol–water partition coefficient (Wildman–Crippen LogP) is 0.988. The van der Waals surface area contributed by atoms with Crippen molar-refractivity contribution in [1.82, 2.24) is 0 Å². The molecule has 1 N–H and O–H groups in total. The fourth-order valence-corrected chi connectivity index (χ4v) is 1.31. The molecule has 0 radical (unpaired) electrons. The smallest absolute Gasteiger partial charge is 0.0687 e. The third-order valence-electron chi connectivity index (χ3n) is 1.47. The summed E-state index contributed by atoms with van der Waals surface area (Å²) in [6, 6.07) is 5.98. The first-order valence-corrected chi connectivity index (χ1v) is 3.77. The van der Waals surface area contributed by atoms with Gasteiger partial charge in [0, 0.05) is 0 Å². The Morgan fingerprint density at radius 1 is 1.50 bits per heavy atom. The van der Waals surface area contributed by atoms with Gasteiger partial charge in [0.05, 0.1) is 6.61 Å². The first kappa shape index (κ1) is 7.71. The van der Waals surface area contributed by atoms with Crippen LogP contribution in [0.2, 0.25) is 0 Å². The van der Waals surface area contributed by atoms with Crippen molar-refractivity contribution in [3.8, 4) is 0 Å². The second-order valence-electron chi connectivity index (χ2n) is 2.36. The van der Waals surface area contributed by atoms with E-state index < -0.39 is 0 Å².